The second kappa shape index (κ2) is 11.9. The van der Waals surface area contributed by atoms with Gasteiger partial charge < -0.3 is 15.4 Å². The normalized spacial score (nSPS) is 16.1. The first kappa shape index (κ1) is 27.6. The number of nitrogens with one attached hydrogen (secondary N) is 2. The van der Waals surface area contributed by atoms with Gasteiger partial charge in [-0.25, -0.2) is 9.37 Å². The van der Waals surface area contributed by atoms with Crippen molar-refractivity contribution in [3.8, 4) is 17.6 Å². The fourth-order valence-electron chi connectivity index (χ4n) is 4.08. The minimum atomic E-state index is -1.51. The van der Waals surface area contributed by atoms with Crippen LogP contribution in [0.25, 0.3) is 5.82 Å². The summed E-state index contributed by atoms with van der Waals surface area (Å²) in [6.45, 7) is 1.36. The van der Waals surface area contributed by atoms with E-state index in [0.717, 1.165) is 5.56 Å². The van der Waals surface area contributed by atoms with Crippen LogP contribution in [0.3, 0.4) is 0 Å². The van der Waals surface area contributed by atoms with E-state index in [1.54, 1.807) is 18.2 Å². The fourth-order valence-corrected chi connectivity index (χ4v) is 4.49. The van der Waals surface area contributed by atoms with Gasteiger partial charge in [-0.1, -0.05) is 21.4 Å². The number of pyridine rings is 1. The van der Waals surface area contributed by atoms with Crippen LogP contribution in [0.1, 0.15) is 40.5 Å². The quantitative estimate of drug-likeness (QED) is 0.367. The number of benzene rings is 1. The van der Waals surface area contributed by atoms with E-state index in [2.05, 4.69) is 30.0 Å². The summed E-state index contributed by atoms with van der Waals surface area (Å²) in [5.74, 6) is 0.857. The lowest BCUT2D eigenvalue weighted by molar-refractivity contribution is -0.113. The van der Waals surface area contributed by atoms with E-state index in [1.165, 1.54) is 29.6 Å². The number of ether oxygens (including phenoxy) is 1. The largest absolute Gasteiger partial charge is 0.490 e. The molecule has 4 rings (SSSR count). The third-order valence-corrected chi connectivity index (χ3v) is 6.51. The zero-order chi connectivity index (χ0) is 27.3. The predicted octanol–water partition coefficient (Wildman–Crippen LogP) is 3.67. The Morgan fingerprint density at radius 2 is 2.24 bits per heavy atom. The highest BCUT2D eigenvalue weighted by molar-refractivity contribution is 7.99. The molecule has 3 aromatic rings. The molecule has 1 aromatic carbocycles. The number of rotatable bonds is 10. The number of aryl methyl sites for hydroxylation is 1. The van der Waals surface area contributed by atoms with Gasteiger partial charge in [0.15, 0.2) is 17.0 Å². The first-order chi connectivity index (χ1) is 18.2. The molecule has 3 atom stereocenters. The van der Waals surface area contributed by atoms with E-state index in [0.29, 0.717) is 47.7 Å². The summed E-state index contributed by atoms with van der Waals surface area (Å²) in [5, 5.41) is 18.1. The van der Waals surface area contributed by atoms with E-state index >= 15 is 0 Å². The minimum absolute atomic E-state index is 0.0743. The van der Waals surface area contributed by atoms with Crippen molar-refractivity contribution in [3.05, 3.63) is 65.0 Å². The van der Waals surface area contributed by atoms with Crippen LogP contribution in [0.5, 0.6) is 5.75 Å². The summed E-state index contributed by atoms with van der Waals surface area (Å²) in [5.41, 5.74) is 2.26. The zero-order valence-corrected chi connectivity index (χ0v) is 23.0. The molecule has 0 radical (unpaired) electrons. The molecule has 2 amide bonds. The van der Waals surface area contributed by atoms with Gasteiger partial charge in [0.25, 0.3) is 5.91 Å². The predicted molar refractivity (Wildman–Crippen MR) is 148 cm³/mol. The summed E-state index contributed by atoms with van der Waals surface area (Å²) < 4.78 is 20.7. The maximum absolute atomic E-state index is 13.8. The molecule has 0 saturated heterocycles. The third kappa shape index (κ3) is 6.88. The molecule has 3 heterocycles. The Bertz CT molecular complexity index is 1370. The molecule has 9 nitrogen and oxygen atoms in total. The molecule has 0 fully saturated rings. The number of halogens is 1. The zero-order valence-electron chi connectivity index (χ0n) is 21.0. The SMILES string of the molecule is CSCC(=O)Nc1c2c(nn1-c1ccc(C#N)cn1)C[C@H](CCc1cccc(OCC(C)(F)P)c1)NC2=O. The number of carbonyl (C=O) groups is 2. The monoisotopic (exact) mass is 554 g/mol. The first-order valence-electron chi connectivity index (χ1n) is 11.9. The van der Waals surface area contributed by atoms with Crippen molar-refractivity contribution in [3.63, 3.8) is 0 Å². The number of carbonyl (C=O) groups excluding carboxylic acids is 2. The number of alkyl halides is 1. The van der Waals surface area contributed by atoms with Crippen LogP contribution in [-0.2, 0) is 17.6 Å². The fraction of sp³-hybridized carbons (Fsp3) is 0.346. The van der Waals surface area contributed by atoms with Crippen LogP contribution in [0, 0.1) is 11.3 Å². The number of thioether (sulfide) groups is 1. The van der Waals surface area contributed by atoms with Gasteiger partial charge in [0.2, 0.25) is 5.91 Å². The van der Waals surface area contributed by atoms with E-state index < -0.39 is 5.41 Å². The number of nitrogens with zero attached hydrogens (tertiary/aromatic N) is 4. The molecule has 1 aliphatic rings. The topological polar surface area (TPSA) is 122 Å². The highest BCUT2D eigenvalue weighted by atomic mass is 32.2. The van der Waals surface area contributed by atoms with Crippen molar-refractivity contribution in [1.82, 2.24) is 20.1 Å². The first-order valence-corrected chi connectivity index (χ1v) is 13.9. The van der Waals surface area contributed by atoms with Crippen LogP contribution < -0.4 is 15.4 Å². The molecular formula is C26H28FN6O3PS. The number of amides is 2. The molecule has 1 aliphatic heterocycles. The van der Waals surface area contributed by atoms with Crippen molar-refractivity contribution >= 4 is 38.6 Å². The molecule has 0 spiro atoms. The lowest BCUT2D eigenvalue weighted by Crippen LogP contribution is -2.41. The maximum atomic E-state index is 13.8. The summed E-state index contributed by atoms with van der Waals surface area (Å²) in [6, 6.07) is 12.5. The van der Waals surface area contributed by atoms with Crippen LogP contribution in [0.2, 0.25) is 0 Å². The van der Waals surface area contributed by atoms with E-state index in [1.807, 2.05) is 30.5 Å². The molecule has 38 heavy (non-hydrogen) atoms. The molecule has 0 bridgehead atoms. The Balaban J connectivity index is 1.53. The Morgan fingerprint density at radius 3 is 2.92 bits per heavy atom. The maximum Gasteiger partial charge on any atom is 0.257 e. The minimum Gasteiger partial charge on any atom is -0.490 e. The van der Waals surface area contributed by atoms with Crippen LogP contribution >= 0.6 is 21.0 Å². The number of fused-ring (bicyclic) bond motifs is 1. The van der Waals surface area contributed by atoms with Crippen molar-refractivity contribution in [2.45, 2.75) is 37.6 Å². The summed E-state index contributed by atoms with van der Waals surface area (Å²) in [6.07, 6.45) is 5.01. The molecule has 2 unspecified atom stereocenters. The lowest BCUT2D eigenvalue weighted by Gasteiger charge is -2.23. The van der Waals surface area contributed by atoms with Gasteiger partial charge in [0, 0.05) is 18.7 Å². The second-order valence-electron chi connectivity index (χ2n) is 9.21. The summed E-state index contributed by atoms with van der Waals surface area (Å²) in [7, 11) is 2.12. The van der Waals surface area contributed by atoms with Crippen molar-refractivity contribution in [1.29, 1.82) is 5.26 Å². The van der Waals surface area contributed by atoms with Gasteiger partial charge in [-0.15, -0.1) is 0 Å². The standard InChI is InChI=1S/C26H28FN6O3PS/c1-26(27,37)15-36-19-5-3-4-16(10-19)6-8-18-11-20-23(25(35)30-18)24(31-22(34)14-38-2)33(32-20)21-9-7-17(12-28)13-29-21/h3-5,7,9-10,13,18H,6,8,11,14-15,37H2,1-2H3,(H,30,35)(H,31,34)/t18-,26?/m0/s1. The summed E-state index contributed by atoms with van der Waals surface area (Å²) in [4.78, 5) is 29.9. The Morgan fingerprint density at radius 1 is 1.42 bits per heavy atom. The highest BCUT2D eigenvalue weighted by Crippen LogP contribution is 2.29. The van der Waals surface area contributed by atoms with Gasteiger partial charge >= 0.3 is 0 Å². The van der Waals surface area contributed by atoms with Gasteiger partial charge in [-0.05, 0) is 55.9 Å². The van der Waals surface area contributed by atoms with E-state index in [4.69, 9.17) is 10.00 Å². The molecule has 2 aromatic heterocycles. The molecule has 0 aliphatic carbocycles. The number of aromatic nitrogens is 3. The third-order valence-electron chi connectivity index (χ3n) is 5.79. The van der Waals surface area contributed by atoms with E-state index in [-0.39, 0.29) is 36.0 Å². The highest BCUT2D eigenvalue weighted by Gasteiger charge is 2.33. The van der Waals surface area contributed by atoms with Gasteiger partial charge in [-0.3, -0.25) is 9.59 Å². The smallest absolute Gasteiger partial charge is 0.257 e. The Labute approximate surface area is 226 Å². The van der Waals surface area contributed by atoms with Gasteiger partial charge in [0.05, 0.1) is 17.0 Å². The van der Waals surface area contributed by atoms with Crippen molar-refractivity contribution in [2.75, 3.05) is 23.9 Å². The van der Waals surface area contributed by atoms with Crippen molar-refractivity contribution < 1.29 is 18.7 Å². The summed E-state index contributed by atoms with van der Waals surface area (Å²) >= 11 is 1.36. The Hall–Kier alpha value is -3.48. The van der Waals surface area contributed by atoms with Crippen LogP contribution in [-0.4, -0.2) is 56.6 Å². The lowest BCUT2D eigenvalue weighted by atomic mass is 9.96. The van der Waals surface area contributed by atoms with Gasteiger partial charge in [0.1, 0.15) is 24.0 Å². The van der Waals surface area contributed by atoms with Crippen LogP contribution in [0.4, 0.5) is 10.2 Å². The number of hydrogen-bond acceptors (Lipinski definition) is 7. The average molecular weight is 555 g/mol. The van der Waals surface area contributed by atoms with Crippen LogP contribution in [0.15, 0.2) is 42.6 Å². The van der Waals surface area contributed by atoms with E-state index in [9.17, 15) is 14.0 Å². The molecule has 198 valence electrons. The Kier molecular flexibility index (Phi) is 8.65. The van der Waals surface area contributed by atoms with Crippen molar-refractivity contribution in [2.24, 2.45) is 0 Å². The molecule has 0 saturated carbocycles. The number of nitriles is 1. The molecule has 12 heteroatoms. The molecular weight excluding hydrogens is 526 g/mol. The molecule has 2 N–H and O–H groups in total. The second-order valence-corrected chi connectivity index (χ2v) is 11.3. The van der Waals surface area contributed by atoms with Gasteiger partial charge in [-0.2, -0.15) is 26.8 Å². The number of anilines is 1. The average Bonchev–Trinajstić information content (AvgIpc) is 3.24. The number of hydrogen-bond donors (Lipinski definition) is 2.